The SMILES string of the molecule is NC1(CO)CCCC1CCN1CCCOc2ccccc21. The van der Waals surface area contributed by atoms with E-state index < -0.39 is 0 Å². The molecule has 4 nitrogen and oxygen atoms in total. The van der Waals surface area contributed by atoms with Crippen molar-refractivity contribution in [2.75, 3.05) is 31.2 Å². The number of aliphatic hydroxyl groups excluding tert-OH is 1. The van der Waals surface area contributed by atoms with Gasteiger partial charge >= 0.3 is 0 Å². The zero-order valence-electron chi connectivity index (χ0n) is 12.6. The summed E-state index contributed by atoms with van der Waals surface area (Å²) in [7, 11) is 0. The molecule has 1 fully saturated rings. The first-order chi connectivity index (χ1) is 10.2. The second kappa shape index (κ2) is 6.24. The summed E-state index contributed by atoms with van der Waals surface area (Å²) < 4.78 is 5.81. The fraction of sp³-hybridized carbons (Fsp3) is 0.647. The van der Waals surface area contributed by atoms with Gasteiger partial charge in [0.25, 0.3) is 0 Å². The summed E-state index contributed by atoms with van der Waals surface area (Å²) in [6.07, 6.45) is 5.33. The van der Waals surface area contributed by atoms with Crippen molar-refractivity contribution in [2.45, 2.75) is 37.6 Å². The summed E-state index contributed by atoms with van der Waals surface area (Å²) >= 11 is 0. The van der Waals surface area contributed by atoms with Crippen LogP contribution in [0, 0.1) is 5.92 Å². The summed E-state index contributed by atoms with van der Waals surface area (Å²) in [5, 5.41) is 9.58. The largest absolute Gasteiger partial charge is 0.491 e. The van der Waals surface area contributed by atoms with E-state index in [1.165, 1.54) is 5.69 Å². The third kappa shape index (κ3) is 3.01. The molecule has 3 rings (SSSR count). The molecule has 0 saturated heterocycles. The zero-order chi connectivity index (χ0) is 14.7. The predicted octanol–water partition coefficient (Wildman–Crippen LogP) is 2.16. The average molecular weight is 290 g/mol. The van der Waals surface area contributed by atoms with Crippen molar-refractivity contribution < 1.29 is 9.84 Å². The molecular weight excluding hydrogens is 264 g/mol. The zero-order valence-corrected chi connectivity index (χ0v) is 12.6. The monoisotopic (exact) mass is 290 g/mol. The topological polar surface area (TPSA) is 58.7 Å². The standard InChI is InChI=1S/C17H26N2O2/c18-17(13-20)9-3-5-14(17)8-11-19-10-4-12-21-16-7-2-1-6-15(16)19/h1-2,6-7,14,20H,3-5,8-13,18H2. The fourth-order valence-electron chi connectivity index (χ4n) is 3.75. The van der Waals surface area contributed by atoms with Crippen molar-refractivity contribution in [1.82, 2.24) is 0 Å². The van der Waals surface area contributed by atoms with Gasteiger partial charge in [-0.1, -0.05) is 18.6 Å². The molecule has 2 unspecified atom stereocenters. The minimum Gasteiger partial charge on any atom is -0.491 e. The lowest BCUT2D eigenvalue weighted by molar-refractivity contribution is 0.156. The molecule has 0 radical (unpaired) electrons. The van der Waals surface area contributed by atoms with Gasteiger partial charge in [0.1, 0.15) is 5.75 Å². The van der Waals surface area contributed by atoms with Crippen LogP contribution in [0.15, 0.2) is 24.3 Å². The van der Waals surface area contributed by atoms with Crippen molar-refractivity contribution in [2.24, 2.45) is 11.7 Å². The lowest BCUT2D eigenvalue weighted by atomic mass is 9.86. The molecule has 4 heteroatoms. The van der Waals surface area contributed by atoms with Gasteiger partial charge < -0.3 is 20.5 Å². The lowest BCUT2D eigenvalue weighted by Gasteiger charge is -2.32. The van der Waals surface area contributed by atoms with E-state index in [0.29, 0.717) is 5.92 Å². The number of nitrogens with zero attached hydrogens (tertiary/aromatic N) is 1. The van der Waals surface area contributed by atoms with Gasteiger partial charge in [-0.25, -0.2) is 0 Å². The molecule has 1 aromatic rings. The Morgan fingerprint density at radius 3 is 3.05 bits per heavy atom. The van der Waals surface area contributed by atoms with Gasteiger partial charge in [0.2, 0.25) is 0 Å². The lowest BCUT2D eigenvalue weighted by Crippen LogP contribution is -2.47. The number of aliphatic hydroxyl groups is 1. The van der Waals surface area contributed by atoms with Gasteiger partial charge in [-0.05, 0) is 43.7 Å². The summed E-state index contributed by atoms with van der Waals surface area (Å²) in [5.74, 6) is 1.42. The van der Waals surface area contributed by atoms with Crippen LogP contribution in [-0.4, -0.2) is 36.9 Å². The van der Waals surface area contributed by atoms with Crippen molar-refractivity contribution in [3.8, 4) is 5.75 Å². The fourth-order valence-corrected chi connectivity index (χ4v) is 3.75. The van der Waals surface area contributed by atoms with Crippen molar-refractivity contribution in [3.63, 3.8) is 0 Å². The third-order valence-electron chi connectivity index (χ3n) is 5.09. The van der Waals surface area contributed by atoms with E-state index in [-0.39, 0.29) is 12.1 Å². The minimum absolute atomic E-state index is 0.108. The van der Waals surface area contributed by atoms with E-state index in [1.54, 1.807) is 0 Å². The number of hydrogen-bond donors (Lipinski definition) is 2. The van der Waals surface area contributed by atoms with Gasteiger partial charge in [0.05, 0.1) is 18.9 Å². The summed E-state index contributed by atoms with van der Waals surface area (Å²) in [5.41, 5.74) is 7.19. The molecule has 2 atom stereocenters. The Balaban J connectivity index is 1.68. The second-order valence-corrected chi connectivity index (χ2v) is 6.43. The van der Waals surface area contributed by atoms with Crippen LogP contribution < -0.4 is 15.4 Å². The number of benzene rings is 1. The molecule has 0 amide bonds. The van der Waals surface area contributed by atoms with Crippen LogP contribution in [0.5, 0.6) is 5.75 Å². The number of fused-ring (bicyclic) bond motifs is 1. The third-order valence-corrected chi connectivity index (χ3v) is 5.09. The molecule has 1 aliphatic heterocycles. The van der Waals surface area contributed by atoms with E-state index in [1.807, 2.05) is 12.1 Å². The quantitative estimate of drug-likeness (QED) is 0.892. The van der Waals surface area contributed by atoms with E-state index >= 15 is 0 Å². The highest BCUT2D eigenvalue weighted by Gasteiger charge is 2.38. The molecule has 1 heterocycles. The first-order valence-electron chi connectivity index (χ1n) is 8.09. The predicted molar refractivity (Wildman–Crippen MR) is 84.7 cm³/mol. The Kier molecular flexibility index (Phi) is 4.36. The maximum atomic E-state index is 9.58. The molecule has 21 heavy (non-hydrogen) atoms. The summed E-state index contributed by atoms with van der Waals surface area (Å²) in [6.45, 7) is 2.91. The Morgan fingerprint density at radius 2 is 2.19 bits per heavy atom. The van der Waals surface area contributed by atoms with Crippen molar-refractivity contribution in [1.29, 1.82) is 0 Å². The Labute approximate surface area is 126 Å². The van der Waals surface area contributed by atoms with Crippen LogP contribution in [-0.2, 0) is 0 Å². The Bertz CT molecular complexity index is 480. The maximum Gasteiger partial charge on any atom is 0.142 e. The second-order valence-electron chi connectivity index (χ2n) is 6.43. The van der Waals surface area contributed by atoms with Gasteiger partial charge in [0, 0.05) is 18.6 Å². The molecular formula is C17H26N2O2. The molecule has 0 bridgehead atoms. The molecule has 3 N–H and O–H groups in total. The summed E-state index contributed by atoms with van der Waals surface area (Å²) in [6, 6.07) is 8.27. The van der Waals surface area contributed by atoms with E-state index in [2.05, 4.69) is 17.0 Å². The number of para-hydroxylation sites is 2. The van der Waals surface area contributed by atoms with Crippen LogP contribution in [0.3, 0.4) is 0 Å². The Morgan fingerprint density at radius 1 is 1.33 bits per heavy atom. The average Bonchev–Trinajstić information content (AvgIpc) is 2.76. The van der Waals surface area contributed by atoms with Crippen molar-refractivity contribution in [3.05, 3.63) is 24.3 Å². The van der Waals surface area contributed by atoms with Crippen molar-refractivity contribution >= 4 is 5.69 Å². The first-order valence-corrected chi connectivity index (χ1v) is 8.09. The molecule has 1 saturated carbocycles. The molecule has 0 spiro atoms. The maximum absolute atomic E-state index is 9.58. The highest BCUT2D eigenvalue weighted by molar-refractivity contribution is 5.58. The number of rotatable bonds is 4. The van der Waals surface area contributed by atoms with Gasteiger partial charge in [-0.15, -0.1) is 0 Å². The van der Waals surface area contributed by atoms with E-state index in [9.17, 15) is 5.11 Å². The van der Waals surface area contributed by atoms with E-state index in [0.717, 1.165) is 57.6 Å². The number of ether oxygens (including phenoxy) is 1. The van der Waals surface area contributed by atoms with Crippen LogP contribution in [0.1, 0.15) is 32.1 Å². The molecule has 0 aromatic heterocycles. The molecule has 1 aliphatic carbocycles. The normalized spacial score (nSPS) is 28.9. The van der Waals surface area contributed by atoms with Gasteiger partial charge in [-0.3, -0.25) is 0 Å². The highest BCUT2D eigenvalue weighted by atomic mass is 16.5. The summed E-state index contributed by atoms with van der Waals surface area (Å²) in [4.78, 5) is 2.42. The van der Waals surface area contributed by atoms with Crippen LogP contribution in [0.2, 0.25) is 0 Å². The highest BCUT2D eigenvalue weighted by Crippen LogP contribution is 2.37. The molecule has 1 aromatic carbocycles. The van der Waals surface area contributed by atoms with E-state index in [4.69, 9.17) is 10.5 Å². The first kappa shape index (κ1) is 14.7. The number of hydrogen-bond acceptors (Lipinski definition) is 4. The van der Waals surface area contributed by atoms with Crippen LogP contribution >= 0.6 is 0 Å². The van der Waals surface area contributed by atoms with Crippen LogP contribution in [0.4, 0.5) is 5.69 Å². The molecule has 2 aliphatic rings. The van der Waals surface area contributed by atoms with Gasteiger partial charge in [-0.2, -0.15) is 0 Å². The van der Waals surface area contributed by atoms with Gasteiger partial charge in [0.15, 0.2) is 0 Å². The smallest absolute Gasteiger partial charge is 0.142 e. The molecule has 116 valence electrons. The Hall–Kier alpha value is -1.26. The van der Waals surface area contributed by atoms with Crippen LogP contribution in [0.25, 0.3) is 0 Å². The number of nitrogens with two attached hydrogens (primary N) is 1. The minimum atomic E-state index is -0.359. The number of anilines is 1.